The minimum Gasteiger partial charge on any atom is -0.466 e. The number of rotatable bonds is 10. The van der Waals surface area contributed by atoms with Crippen LogP contribution < -0.4 is 10.0 Å². The molecule has 46 heavy (non-hydrogen) atoms. The number of benzene rings is 3. The summed E-state index contributed by atoms with van der Waals surface area (Å²) < 4.78 is 39.6. The van der Waals surface area contributed by atoms with E-state index in [1.165, 1.54) is 25.3 Å². The molecule has 1 unspecified atom stereocenters. The van der Waals surface area contributed by atoms with Gasteiger partial charge in [-0.3, -0.25) is 15.0 Å². The molecule has 0 saturated carbocycles. The number of hydrogen-bond donors (Lipinski definition) is 2. The van der Waals surface area contributed by atoms with Crippen LogP contribution in [0.5, 0.6) is 0 Å². The fraction of sp³-hybridized carbons (Fsp3) is 0.333. The van der Waals surface area contributed by atoms with Gasteiger partial charge in [0.1, 0.15) is 6.10 Å². The Bertz CT molecular complexity index is 1850. The molecular weight excluding hydrogens is 612 g/mol. The smallest absolute Gasteiger partial charge is 0.337 e. The Balaban J connectivity index is 1.27. The largest absolute Gasteiger partial charge is 0.466 e. The molecule has 0 aliphatic carbocycles. The van der Waals surface area contributed by atoms with Crippen LogP contribution in [0.3, 0.4) is 0 Å². The van der Waals surface area contributed by atoms with Gasteiger partial charge in [0.2, 0.25) is 10.0 Å². The van der Waals surface area contributed by atoms with Crippen LogP contribution >= 0.6 is 0 Å². The maximum atomic E-state index is 13.8. The second-order valence-electron chi connectivity index (χ2n) is 11.4. The average molecular weight is 649 g/mol. The third-order valence-electron chi connectivity index (χ3n) is 8.29. The fourth-order valence-electron chi connectivity index (χ4n) is 6.08. The van der Waals surface area contributed by atoms with Gasteiger partial charge in [0.25, 0.3) is 5.69 Å². The number of nitro groups is 1. The molecule has 13 heteroatoms. The van der Waals surface area contributed by atoms with Crippen molar-refractivity contribution in [2.24, 2.45) is 0 Å². The molecule has 0 radical (unpaired) electrons. The van der Waals surface area contributed by atoms with Crippen molar-refractivity contribution in [1.29, 1.82) is 0 Å². The summed E-state index contributed by atoms with van der Waals surface area (Å²) >= 11 is 0. The van der Waals surface area contributed by atoms with Crippen molar-refractivity contribution in [2.75, 3.05) is 33.3 Å². The van der Waals surface area contributed by atoms with Crippen LogP contribution in [0.4, 0.5) is 5.69 Å². The number of allylic oxidation sites excluding steroid dienone is 2. The van der Waals surface area contributed by atoms with E-state index >= 15 is 0 Å². The number of nitrogens with zero attached hydrogens (tertiary/aromatic N) is 2. The number of non-ortho nitro benzene ring substituents is 1. The Kier molecular flexibility index (Phi) is 9.85. The number of methoxy groups -OCH3 is 1. The number of carbonyl (C=O) groups excluding carboxylic acids is 2. The summed E-state index contributed by atoms with van der Waals surface area (Å²) in [5.41, 5.74) is 1.44. The maximum Gasteiger partial charge on any atom is 0.337 e. The number of carbonyl (C=O) groups is 2. The SMILES string of the molecule is COC(=O)C1=C(C)NC(C)=C(C(=O)OC2CCCN(CCNS(=O)(=O)c3ccc4ccccc4c3)C2)[C@H]1c1cccc([N+](=O)[O-])c1. The van der Waals surface area contributed by atoms with Crippen LogP contribution in [0, 0.1) is 10.1 Å². The monoisotopic (exact) mass is 648 g/mol. The van der Waals surface area contributed by atoms with Crippen LogP contribution in [-0.4, -0.2) is 69.6 Å². The number of likely N-dealkylation sites (tertiary alicyclic amines) is 1. The van der Waals surface area contributed by atoms with Crippen molar-refractivity contribution >= 4 is 38.4 Å². The summed E-state index contributed by atoms with van der Waals surface area (Å²) in [7, 11) is -2.49. The highest BCUT2D eigenvalue weighted by molar-refractivity contribution is 7.89. The van der Waals surface area contributed by atoms with E-state index in [2.05, 4.69) is 10.0 Å². The van der Waals surface area contributed by atoms with Crippen LogP contribution in [0.1, 0.15) is 38.2 Å². The molecule has 5 rings (SSSR count). The van der Waals surface area contributed by atoms with Gasteiger partial charge in [-0.05, 0) is 61.7 Å². The number of piperidine rings is 1. The molecule has 3 aromatic carbocycles. The van der Waals surface area contributed by atoms with Crippen LogP contribution in [0.2, 0.25) is 0 Å². The molecule has 2 N–H and O–H groups in total. The van der Waals surface area contributed by atoms with Gasteiger partial charge in [0, 0.05) is 43.2 Å². The standard InChI is InChI=1S/C33H36N4O8S/c1-21-29(32(38)44-3)31(25-10-6-11-26(18-25)37(40)41)30(22(2)35-21)33(39)45-27-12-7-16-36(20-27)17-15-34-46(42,43)28-14-13-23-8-4-5-9-24(23)19-28/h4-6,8-11,13-14,18-19,27,31,34-35H,7,12,15-17,20H2,1-3H3/t27?,31-/m0/s1. The van der Waals surface area contributed by atoms with E-state index < -0.39 is 38.9 Å². The number of nitrogens with one attached hydrogen (secondary N) is 2. The Morgan fingerprint density at radius 1 is 1.00 bits per heavy atom. The van der Waals surface area contributed by atoms with Gasteiger partial charge in [-0.1, -0.05) is 42.5 Å². The number of hydrogen-bond acceptors (Lipinski definition) is 10. The molecule has 1 saturated heterocycles. The maximum absolute atomic E-state index is 13.8. The van der Waals surface area contributed by atoms with Gasteiger partial charge in [-0.15, -0.1) is 0 Å². The number of ether oxygens (including phenoxy) is 2. The zero-order valence-corrected chi connectivity index (χ0v) is 26.6. The molecule has 2 atom stereocenters. The summed E-state index contributed by atoms with van der Waals surface area (Å²) in [5.74, 6) is -2.28. The second kappa shape index (κ2) is 13.8. The zero-order chi connectivity index (χ0) is 33.0. The fourth-order valence-corrected chi connectivity index (χ4v) is 7.14. The summed E-state index contributed by atoms with van der Waals surface area (Å²) in [6.45, 7) is 5.05. The highest BCUT2D eigenvalue weighted by atomic mass is 32.2. The average Bonchev–Trinajstić information content (AvgIpc) is 3.04. The number of sulfonamides is 1. The molecule has 2 aliphatic rings. The topological polar surface area (TPSA) is 157 Å². The quantitative estimate of drug-likeness (QED) is 0.186. The lowest BCUT2D eigenvalue weighted by atomic mass is 9.80. The van der Waals surface area contributed by atoms with E-state index in [-0.39, 0.29) is 28.3 Å². The number of fused-ring (bicyclic) bond motifs is 1. The van der Waals surface area contributed by atoms with Crippen molar-refractivity contribution < 1.29 is 32.4 Å². The summed E-state index contributed by atoms with van der Waals surface area (Å²) in [6.07, 6.45) is 0.843. The Morgan fingerprint density at radius 3 is 2.43 bits per heavy atom. The summed E-state index contributed by atoms with van der Waals surface area (Å²) in [5, 5.41) is 16.4. The van der Waals surface area contributed by atoms with E-state index in [1.54, 1.807) is 38.1 Å². The second-order valence-corrected chi connectivity index (χ2v) is 13.1. The molecule has 2 heterocycles. The number of dihydropyridines is 1. The van der Waals surface area contributed by atoms with Crippen molar-refractivity contribution in [3.63, 3.8) is 0 Å². The van der Waals surface area contributed by atoms with Gasteiger partial charge < -0.3 is 14.8 Å². The minimum absolute atomic E-state index is 0.157. The molecule has 12 nitrogen and oxygen atoms in total. The molecule has 0 bridgehead atoms. The Labute approximate surface area is 267 Å². The Hall–Kier alpha value is -4.59. The van der Waals surface area contributed by atoms with Gasteiger partial charge >= 0.3 is 11.9 Å². The first-order valence-electron chi connectivity index (χ1n) is 14.9. The van der Waals surface area contributed by atoms with Crippen molar-refractivity contribution in [1.82, 2.24) is 14.9 Å². The minimum atomic E-state index is -3.73. The molecule has 0 spiro atoms. The van der Waals surface area contributed by atoms with Gasteiger partial charge in [0.15, 0.2) is 0 Å². The van der Waals surface area contributed by atoms with E-state index in [0.29, 0.717) is 43.0 Å². The molecule has 1 fully saturated rings. The number of nitro benzene ring substituents is 1. The van der Waals surface area contributed by atoms with Gasteiger partial charge in [-0.25, -0.2) is 22.7 Å². The normalized spacial score (nSPS) is 19.1. The molecule has 0 aromatic heterocycles. The lowest BCUT2D eigenvalue weighted by Gasteiger charge is -2.34. The van der Waals surface area contributed by atoms with E-state index in [4.69, 9.17) is 9.47 Å². The van der Waals surface area contributed by atoms with Gasteiger partial charge in [-0.2, -0.15) is 0 Å². The predicted octanol–water partition coefficient (Wildman–Crippen LogP) is 4.14. The van der Waals surface area contributed by atoms with E-state index in [0.717, 1.165) is 17.2 Å². The lowest BCUT2D eigenvalue weighted by Crippen LogP contribution is -2.44. The predicted molar refractivity (Wildman–Crippen MR) is 171 cm³/mol. The van der Waals surface area contributed by atoms with E-state index in [1.807, 2.05) is 29.2 Å². The highest BCUT2D eigenvalue weighted by Crippen LogP contribution is 2.40. The summed E-state index contributed by atoms with van der Waals surface area (Å²) in [4.78, 5) is 40.0. The van der Waals surface area contributed by atoms with Gasteiger partial charge in [0.05, 0.1) is 34.0 Å². The molecule has 2 aliphatic heterocycles. The van der Waals surface area contributed by atoms with Crippen molar-refractivity contribution in [2.45, 2.75) is 43.6 Å². The third-order valence-corrected chi connectivity index (χ3v) is 9.75. The van der Waals surface area contributed by atoms with Crippen molar-refractivity contribution in [3.05, 3.63) is 105 Å². The van der Waals surface area contributed by atoms with Crippen LogP contribution in [-0.2, 0) is 29.1 Å². The first-order chi connectivity index (χ1) is 22.0. The highest BCUT2D eigenvalue weighted by Gasteiger charge is 2.39. The third kappa shape index (κ3) is 7.11. The number of esters is 2. The molecule has 3 aromatic rings. The van der Waals surface area contributed by atoms with Crippen molar-refractivity contribution in [3.8, 4) is 0 Å². The van der Waals surface area contributed by atoms with Crippen LogP contribution in [0.15, 0.2) is 94.2 Å². The summed E-state index contributed by atoms with van der Waals surface area (Å²) in [6, 6.07) is 18.4. The molecule has 0 amide bonds. The molecule has 242 valence electrons. The molecular formula is C33H36N4O8S. The van der Waals surface area contributed by atoms with E-state index in [9.17, 15) is 28.1 Å². The Morgan fingerprint density at radius 2 is 1.72 bits per heavy atom. The lowest BCUT2D eigenvalue weighted by molar-refractivity contribution is -0.384. The zero-order valence-electron chi connectivity index (χ0n) is 25.8. The van der Waals surface area contributed by atoms with Crippen LogP contribution in [0.25, 0.3) is 10.8 Å². The first-order valence-corrected chi connectivity index (χ1v) is 16.4. The first kappa shape index (κ1) is 32.8.